The zero-order chi connectivity index (χ0) is 19.9. The average Bonchev–Trinajstić information content (AvgIpc) is 3.43. The highest BCUT2D eigenvalue weighted by Crippen LogP contribution is 2.25. The normalized spacial score (nSPS) is 11.1. The van der Waals surface area contributed by atoms with Crippen molar-refractivity contribution in [3.63, 3.8) is 0 Å². The van der Waals surface area contributed by atoms with E-state index >= 15 is 0 Å². The van der Waals surface area contributed by atoms with E-state index in [9.17, 15) is 0 Å². The zero-order valence-corrected chi connectivity index (χ0v) is 16.8. The summed E-state index contributed by atoms with van der Waals surface area (Å²) in [4.78, 5) is 4.58. The molecule has 0 saturated carbocycles. The van der Waals surface area contributed by atoms with Crippen LogP contribution in [-0.4, -0.2) is 27.6 Å². The Kier molecular flexibility index (Phi) is 5.97. The second kappa shape index (κ2) is 9.16. The molecular formula is C22H21N5OS. The third kappa shape index (κ3) is 4.89. The molecule has 4 aromatic rings. The number of hydrazone groups is 1. The van der Waals surface area contributed by atoms with E-state index in [1.807, 2.05) is 71.7 Å². The van der Waals surface area contributed by atoms with Crippen molar-refractivity contribution < 1.29 is 4.74 Å². The maximum absolute atomic E-state index is 5.75. The van der Waals surface area contributed by atoms with Crippen molar-refractivity contribution in [2.45, 2.75) is 13.5 Å². The molecule has 0 atom stereocenters. The molecular weight excluding hydrogens is 382 g/mol. The average molecular weight is 404 g/mol. The predicted octanol–water partition coefficient (Wildman–Crippen LogP) is 4.90. The Labute approximate surface area is 173 Å². The van der Waals surface area contributed by atoms with Crippen molar-refractivity contribution in [3.8, 4) is 17.0 Å². The minimum absolute atomic E-state index is 0.620. The highest BCUT2D eigenvalue weighted by Gasteiger charge is 2.06. The Balaban J connectivity index is 1.46. The summed E-state index contributed by atoms with van der Waals surface area (Å²) in [6, 6.07) is 18.0. The molecule has 0 aliphatic heterocycles. The van der Waals surface area contributed by atoms with Crippen molar-refractivity contribution in [2.24, 2.45) is 5.10 Å². The van der Waals surface area contributed by atoms with Gasteiger partial charge in [0.25, 0.3) is 0 Å². The number of hydrogen-bond acceptors (Lipinski definition) is 6. The molecule has 2 heterocycles. The topological polar surface area (TPSA) is 64.3 Å². The maximum atomic E-state index is 5.75. The van der Waals surface area contributed by atoms with Gasteiger partial charge < -0.3 is 4.74 Å². The van der Waals surface area contributed by atoms with Crippen LogP contribution in [0.2, 0.25) is 0 Å². The number of nitrogens with zero attached hydrogens (tertiary/aromatic N) is 4. The van der Waals surface area contributed by atoms with Gasteiger partial charge in [-0.1, -0.05) is 30.3 Å². The first-order chi connectivity index (χ1) is 14.3. The summed E-state index contributed by atoms with van der Waals surface area (Å²) in [5, 5.41) is 11.4. The van der Waals surface area contributed by atoms with Gasteiger partial charge >= 0.3 is 0 Å². The first-order valence-corrected chi connectivity index (χ1v) is 10.2. The SMILES string of the molecule is CCOc1ccc(C=NNc2nc(-c3ccccc3)cs2)cc1Cn1cccn1. The largest absolute Gasteiger partial charge is 0.494 e. The summed E-state index contributed by atoms with van der Waals surface area (Å²) in [6.07, 6.45) is 5.49. The summed E-state index contributed by atoms with van der Waals surface area (Å²) < 4.78 is 7.62. The number of anilines is 1. The van der Waals surface area contributed by atoms with Crippen LogP contribution in [0.3, 0.4) is 0 Å². The molecule has 2 aromatic carbocycles. The lowest BCUT2D eigenvalue weighted by Gasteiger charge is -2.11. The minimum Gasteiger partial charge on any atom is -0.494 e. The van der Waals surface area contributed by atoms with Crippen LogP contribution >= 0.6 is 11.3 Å². The van der Waals surface area contributed by atoms with E-state index in [4.69, 9.17) is 4.74 Å². The van der Waals surface area contributed by atoms with Crippen LogP contribution in [0, 0.1) is 0 Å². The smallest absolute Gasteiger partial charge is 0.203 e. The van der Waals surface area contributed by atoms with Crippen molar-refractivity contribution in [2.75, 3.05) is 12.0 Å². The molecule has 0 unspecified atom stereocenters. The molecule has 6 nitrogen and oxygen atoms in total. The first kappa shape index (κ1) is 18.9. The van der Waals surface area contributed by atoms with E-state index in [1.165, 1.54) is 11.3 Å². The molecule has 0 aliphatic rings. The van der Waals surface area contributed by atoms with Crippen molar-refractivity contribution in [3.05, 3.63) is 83.5 Å². The number of rotatable bonds is 8. The van der Waals surface area contributed by atoms with E-state index in [0.29, 0.717) is 13.2 Å². The van der Waals surface area contributed by atoms with E-state index in [-0.39, 0.29) is 0 Å². The highest BCUT2D eigenvalue weighted by atomic mass is 32.1. The second-order valence-corrected chi connectivity index (χ2v) is 7.14. The summed E-state index contributed by atoms with van der Waals surface area (Å²) in [7, 11) is 0. The zero-order valence-electron chi connectivity index (χ0n) is 16.0. The predicted molar refractivity (Wildman–Crippen MR) is 118 cm³/mol. The third-order valence-electron chi connectivity index (χ3n) is 4.22. The minimum atomic E-state index is 0.620. The standard InChI is InChI=1S/C22H21N5OS/c1-2-28-21-10-9-17(13-19(21)15-27-12-6-11-24-27)14-23-26-22-25-20(16-29-22)18-7-4-3-5-8-18/h3-14,16H,2,15H2,1H3,(H,25,26). The monoisotopic (exact) mass is 403 g/mol. The molecule has 0 spiro atoms. The van der Waals surface area contributed by atoms with Crippen LogP contribution in [-0.2, 0) is 6.54 Å². The number of thiazole rings is 1. The molecule has 0 fully saturated rings. The van der Waals surface area contributed by atoms with E-state index in [1.54, 1.807) is 12.4 Å². The molecule has 7 heteroatoms. The fraction of sp³-hybridized carbons (Fsp3) is 0.136. The van der Waals surface area contributed by atoms with Gasteiger partial charge in [0.15, 0.2) is 0 Å². The number of benzene rings is 2. The van der Waals surface area contributed by atoms with Gasteiger partial charge in [-0.2, -0.15) is 10.2 Å². The van der Waals surface area contributed by atoms with Crippen LogP contribution in [0.5, 0.6) is 5.75 Å². The van der Waals surface area contributed by atoms with Gasteiger partial charge in [0.2, 0.25) is 5.13 Å². The molecule has 29 heavy (non-hydrogen) atoms. The highest BCUT2D eigenvalue weighted by molar-refractivity contribution is 7.14. The number of aromatic nitrogens is 3. The van der Waals surface area contributed by atoms with Gasteiger partial charge in [0.1, 0.15) is 5.75 Å². The lowest BCUT2D eigenvalue weighted by molar-refractivity contribution is 0.335. The molecule has 1 N–H and O–H groups in total. The van der Waals surface area contributed by atoms with Gasteiger partial charge in [0, 0.05) is 28.9 Å². The Hall–Kier alpha value is -3.45. The fourth-order valence-corrected chi connectivity index (χ4v) is 3.57. The number of nitrogens with one attached hydrogen (secondary N) is 1. The summed E-state index contributed by atoms with van der Waals surface area (Å²) in [6.45, 7) is 3.24. The molecule has 146 valence electrons. The van der Waals surface area contributed by atoms with E-state index in [0.717, 1.165) is 33.3 Å². The van der Waals surface area contributed by atoms with Crippen molar-refractivity contribution in [1.29, 1.82) is 0 Å². The van der Waals surface area contributed by atoms with Crippen LogP contribution in [0.4, 0.5) is 5.13 Å². The van der Waals surface area contributed by atoms with E-state index in [2.05, 4.69) is 26.7 Å². The Morgan fingerprint density at radius 1 is 1.17 bits per heavy atom. The van der Waals surface area contributed by atoms with Crippen LogP contribution in [0.25, 0.3) is 11.3 Å². The molecule has 0 amide bonds. The molecule has 2 aromatic heterocycles. The lowest BCUT2D eigenvalue weighted by Crippen LogP contribution is -2.04. The van der Waals surface area contributed by atoms with Gasteiger partial charge in [0.05, 0.1) is 25.1 Å². The third-order valence-corrected chi connectivity index (χ3v) is 4.97. The summed E-state index contributed by atoms with van der Waals surface area (Å²) >= 11 is 1.53. The fourth-order valence-electron chi connectivity index (χ4n) is 2.90. The van der Waals surface area contributed by atoms with Crippen LogP contribution in [0.15, 0.2) is 77.5 Å². The van der Waals surface area contributed by atoms with Crippen molar-refractivity contribution in [1.82, 2.24) is 14.8 Å². The molecule has 4 rings (SSSR count). The van der Waals surface area contributed by atoms with Crippen LogP contribution in [0.1, 0.15) is 18.1 Å². The van der Waals surface area contributed by atoms with Gasteiger partial charge in [-0.15, -0.1) is 11.3 Å². The van der Waals surface area contributed by atoms with Gasteiger partial charge in [-0.05, 0) is 36.8 Å². The van der Waals surface area contributed by atoms with E-state index < -0.39 is 0 Å². The van der Waals surface area contributed by atoms with Crippen molar-refractivity contribution >= 4 is 22.7 Å². The molecule has 0 aliphatic carbocycles. The molecule has 0 radical (unpaired) electrons. The van der Waals surface area contributed by atoms with Gasteiger partial charge in [-0.25, -0.2) is 4.98 Å². The van der Waals surface area contributed by atoms with Crippen LogP contribution < -0.4 is 10.2 Å². The molecule has 0 saturated heterocycles. The van der Waals surface area contributed by atoms with Gasteiger partial charge in [-0.3, -0.25) is 10.1 Å². The Bertz CT molecular complexity index is 1070. The summed E-state index contributed by atoms with van der Waals surface area (Å²) in [5.74, 6) is 0.862. The molecule has 0 bridgehead atoms. The lowest BCUT2D eigenvalue weighted by atomic mass is 10.1. The number of ether oxygens (including phenoxy) is 1. The quantitative estimate of drug-likeness (QED) is 0.336. The summed E-state index contributed by atoms with van der Waals surface area (Å²) in [5.41, 5.74) is 7.08. The Morgan fingerprint density at radius 2 is 2.07 bits per heavy atom. The first-order valence-electron chi connectivity index (χ1n) is 9.35. The second-order valence-electron chi connectivity index (χ2n) is 6.28. The Morgan fingerprint density at radius 3 is 2.86 bits per heavy atom. The maximum Gasteiger partial charge on any atom is 0.203 e. The number of hydrogen-bond donors (Lipinski definition) is 1.